The first-order chi connectivity index (χ1) is 12.9. The molecule has 3 aromatic rings. The van der Waals surface area contributed by atoms with E-state index in [1.165, 1.54) is 4.83 Å². The normalized spacial score (nSPS) is 19.0. The number of amides is 1. The van der Waals surface area contributed by atoms with Crippen molar-refractivity contribution < 1.29 is 4.79 Å². The van der Waals surface area contributed by atoms with E-state index < -0.39 is 0 Å². The Balaban J connectivity index is 1.47. The second-order valence-corrected chi connectivity index (χ2v) is 8.40. The van der Waals surface area contributed by atoms with Gasteiger partial charge in [-0.1, -0.05) is 0 Å². The fraction of sp³-hybridized carbons (Fsp3) is 0.579. The minimum absolute atomic E-state index is 0.0120. The fourth-order valence-electron chi connectivity index (χ4n) is 4.11. The minimum Gasteiger partial charge on any atom is -0.342 e. The molecular weight excluding hydrogens is 360 g/mol. The highest BCUT2D eigenvalue weighted by Crippen LogP contribution is 2.32. The molecular formula is C19H26N6OS. The van der Waals surface area contributed by atoms with Crippen molar-refractivity contribution in [2.24, 2.45) is 0 Å². The third-order valence-electron chi connectivity index (χ3n) is 5.41. The molecule has 2 atom stereocenters. The van der Waals surface area contributed by atoms with Crippen molar-refractivity contribution in [1.82, 2.24) is 29.0 Å². The fourth-order valence-corrected chi connectivity index (χ4v) is 5.06. The monoisotopic (exact) mass is 386 g/mol. The van der Waals surface area contributed by atoms with Crippen LogP contribution in [0.1, 0.15) is 61.3 Å². The molecule has 1 aliphatic rings. The van der Waals surface area contributed by atoms with Gasteiger partial charge in [0.05, 0.1) is 11.7 Å². The Kier molecular flexibility index (Phi) is 4.75. The van der Waals surface area contributed by atoms with Crippen molar-refractivity contribution in [2.75, 3.05) is 13.1 Å². The summed E-state index contributed by atoms with van der Waals surface area (Å²) in [5.74, 6) is 3.14. The van der Waals surface area contributed by atoms with E-state index in [2.05, 4.69) is 26.1 Å². The number of likely N-dealkylation sites (tertiary alicyclic amines) is 1. The summed E-state index contributed by atoms with van der Waals surface area (Å²) in [5, 5.41) is 6.53. The maximum Gasteiger partial charge on any atom is 0.224 e. The summed E-state index contributed by atoms with van der Waals surface area (Å²) in [6.45, 7) is 9.48. The lowest BCUT2D eigenvalue weighted by molar-refractivity contribution is -0.133. The predicted octanol–water partition coefficient (Wildman–Crippen LogP) is 3.27. The molecule has 8 heteroatoms. The van der Waals surface area contributed by atoms with Crippen molar-refractivity contribution in [2.45, 2.75) is 58.9 Å². The van der Waals surface area contributed by atoms with Crippen LogP contribution in [-0.4, -0.2) is 48.0 Å². The Morgan fingerprint density at radius 2 is 2.11 bits per heavy atom. The van der Waals surface area contributed by atoms with Gasteiger partial charge in [-0.3, -0.25) is 9.20 Å². The number of carbonyl (C=O) groups excluding carboxylic acids is 1. The number of hydrogen-bond acceptors (Lipinski definition) is 5. The Morgan fingerprint density at radius 3 is 2.85 bits per heavy atom. The van der Waals surface area contributed by atoms with Gasteiger partial charge in [0.1, 0.15) is 22.3 Å². The number of rotatable bonds is 4. The van der Waals surface area contributed by atoms with Gasteiger partial charge in [0.15, 0.2) is 0 Å². The van der Waals surface area contributed by atoms with E-state index in [0.717, 1.165) is 49.1 Å². The van der Waals surface area contributed by atoms with E-state index in [1.54, 1.807) is 11.3 Å². The van der Waals surface area contributed by atoms with Crippen LogP contribution < -0.4 is 0 Å². The molecule has 27 heavy (non-hydrogen) atoms. The molecule has 3 aromatic heterocycles. The summed E-state index contributed by atoms with van der Waals surface area (Å²) in [4.78, 5) is 25.3. The third-order valence-corrected chi connectivity index (χ3v) is 6.30. The first kappa shape index (κ1) is 18.2. The summed E-state index contributed by atoms with van der Waals surface area (Å²) in [7, 11) is 0. The van der Waals surface area contributed by atoms with Gasteiger partial charge in [-0.25, -0.2) is 14.6 Å². The van der Waals surface area contributed by atoms with Gasteiger partial charge in [-0.2, -0.15) is 5.10 Å². The molecule has 1 aliphatic heterocycles. The van der Waals surface area contributed by atoms with Crippen LogP contribution in [0.5, 0.6) is 0 Å². The van der Waals surface area contributed by atoms with Crippen molar-refractivity contribution in [3.05, 3.63) is 34.7 Å². The van der Waals surface area contributed by atoms with Crippen LogP contribution in [-0.2, 0) is 4.79 Å². The second-order valence-electron chi connectivity index (χ2n) is 7.51. The van der Waals surface area contributed by atoms with Crippen molar-refractivity contribution in [1.29, 1.82) is 0 Å². The molecule has 1 fully saturated rings. The highest BCUT2D eigenvalue weighted by molar-refractivity contribution is 7.15. The number of imidazole rings is 1. The van der Waals surface area contributed by atoms with Crippen LogP contribution in [0.4, 0.5) is 0 Å². The number of thiazole rings is 1. The van der Waals surface area contributed by atoms with Crippen molar-refractivity contribution in [3.8, 4) is 0 Å². The average molecular weight is 387 g/mol. The quantitative estimate of drug-likeness (QED) is 0.690. The van der Waals surface area contributed by atoms with Gasteiger partial charge in [-0.15, -0.1) is 11.3 Å². The van der Waals surface area contributed by atoms with Crippen LogP contribution in [0.15, 0.2) is 11.6 Å². The van der Waals surface area contributed by atoms with E-state index in [1.807, 2.05) is 37.3 Å². The first-order valence-corrected chi connectivity index (χ1v) is 10.4. The summed E-state index contributed by atoms with van der Waals surface area (Å²) < 4.78 is 4.02. The van der Waals surface area contributed by atoms with Gasteiger partial charge in [0, 0.05) is 37.0 Å². The molecule has 0 aromatic carbocycles. The molecule has 4 heterocycles. The predicted molar refractivity (Wildman–Crippen MR) is 105 cm³/mol. The lowest BCUT2D eigenvalue weighted by Crippen LogP contribution is -2.40. The Hall–Kier alpha value is -2.22. The number of hydrogen-bond donors (Lipinski definition) is 0. The average Bonchev–Trinajstić information content (AvgIpc) is 3.32. The van der Waals surface area contributed by atoms with E-state index >= 15 is 0 Å². The smallest absolute Gasteiger partial charge is 0.224 e. The highest BCUT2D eigenvalue weighted by Gasteiger charge is 2.29. The van der Waals surface area contributed by atoms with Crippen LogP contribution in [0, 0.1) is 20.8 Å². The zero-order valence-corrected chi connectivity index (χ0v) is 17.2. The zero-order chi connectivity index (χ0) is 19.1. The molecule has 0 radical (unpaired) electrons. The van der Waals surface area contributed by atoms with E-state index in [4.69, 9.17) is 4.98 Å². The molecule has 1 saturated heterocycles. The molecule has 4 rings (SSSR count). The van der Waals surface area contributed by atoms with Crippen LogP contribution >= 0.6 is 11.3 Å². The third kappa shape index (κ3) is 3.38. The Bertz CT molecular complexity index is 970. The molecule has 0 N–H and O–H groups in total. The number of aromatic nitrogens is 5. The lowest BCUT2D eigenvalue weighted by atomic mass is 9.95. The summed E-state index contributed by atoms with van der Waals surface area (Å²) in [5.41, 5.74) is 1.15. The maximum atomic E-state index is 12.9. The number of aryl methyl sites for hydroxylation is 3. The summed E-state index contributed by atoms with van der Waals surface area (Å²) in [6.07, 6.45) is 4.63. The number of fused-ring (bicyclic) bond motifs is 1. The number of nitrogens with zero attached hydrogens (tertiary/aromatic N) is 6. The molecule has 0 unspecified atom stereocenters. The maximum absolute atomic E-state index is 12.9. The molecule has 0 aliphatic carbocycles. The van der Waals surface area contributed by atoms with Crippen LogP contribution in [0.2, 0.25) is 0 Å². The molecule has 144 valence electrons. The molecule has 0 bridgehead atoms. The van der Waals surface area contributed by atoms with Gasteiger partial charge in [-0.05, 0) is 40.5 Å². The molecule has 0 saturated carbocycles. The highest BCUT2D eigenvalue weighted by atomic mass is 32.1. The largest absolute Gasteiger partial charge is 0.342 e. The van der Waals surface area contributed by atoms with E-state index in [9.17, 15) is 4.79 Å². The second kappa shape index (κ2) is 7.07. The van der Waals surface area contributed by atoms with Crippen LogP contribution in [0.25, 0.3) is 4.83 Å². The number of piperidine rings is 1. The topological polar surface area (TPSA) is 68.3 Å². The van der Waals surface area contributed by atoms with Gasteiger partial charge < -0.3 is 4.90 Å². The van der Waals surface area contributed by atoms with Gasteiger partial charge in [0.2, 0.25) is 5.91 Å². The zero-order valence-electron chi connectivity index (χ0n) is 16.3. The Morgan fingerprint density at radius 1 is 1.30 bits per heavy atom. The van der Waals surface area contributed by atoms with Gasteiger partial charge in [0.25, 0.3) is 0 Å². The first-order valence-electron chi connectivity index (χ1n) is 9.53. The lowest BCUT2D eigenvalue weighted by Gasteiger charge is -2.33. The number of carbonyl (C=O) groups is 1. The van der Waals surface area contributed by atoms with Crippen molar-refractivity contribution in [3.63, 3.8) is 0 Å². The van der Waals surface area contributed by atoms with Crippen LogP contribution in [0.3, 0.4) is 0 Å². The Labute approximate surface area is 163 Å². The molecule has 1 amide bonds. The van der Waals surface area contributed by atoms with E-state index in [0.29, 0.717) is 12.3 Å². The van der Waals surface area contributed by atoms with E-state index in [-0.39, 0.29) is 11.9 Å². The molecule has 7 nitrogen and oxygen atoms in total. The molecule has 0 spiro atoms. The van der Waals surface area contributed by atoms with Crippen molar-refractivity contribution >= 4 is 22.1 Å². The SMILES string of the molecule is Cc1nc(C)n([C@H](C)CC(=O)N2CCC[C@H](c3nc(C)n4ccsc34)C2)n1. The standard InChI is InChI=1S/C19H26N6OS/c1-12(25-15(4)20-13(2)22-25)10-17(26)23-7-5-6-16(11-23)18-19-24(8-9-27-19)14(3)21-18/h8-9,12,16H,5-7,10-11H2,1-4H3/t12-,16+/m1/s1. The van der Waals surface area contributed by atoms with Gasteiger partial charge >= 0.3 is 0 Å². The summed E-state index contributed by atoms with van der Waals surface area (Å²) in [6, 6.07) is 0.0120. The summed E-state index contributed by atoms with van der Waals surface area (Å²) >= 11 is 1.73. The minimum atomic E-state index is 0.0120.